The van der Waals surface area contributed by atoms with Gasteiger partial charge in [-0.1, -0.05) is 31.2 Å². The molecule has 2 amide bonds. The summed E-state index contributed by atoms with van der Waals surface area (Å²) >= 11 is 0. The van der Waals surface area contributed by atoms with Gasteiger partial charge in [-0.2, -0.15) is 17.2 Å². The topological polar surface area (TPSA) is 290 Å². The van der Waals surface area contributed by atoms with Crippen LogP contribution in [0, 0.1) is 29.2 Å². The highest BCUT2D eigenvalue weighted by Gasteiger charge is 2.35. The number of amidine groups is 1. The van der Waals surface area contributed by atoms with Crippen LogP contribution in [0.15, 0.2) is 62.8 Å². The molecule has 1 unspecified atom stereocenters. The van der Waals surface area contributed by atoms with Gasteiger partial charge in [0.2, 0.25) is 29.2 Å². The van der Waals surface area contributed by atoms with Gasteiger partial charge in [-0.15, -0.1) is 0 Å². The second-order valence-electron chi connectivity index (χ2n) is 18.3. The monoisotopic (exact) mass is 1220 g/mol. The number of fused-ring (bicyclic) bond motifs is 1. The molecule has 0 aromatic heterocycles. The van der Waals surface area contributed by atoms with Crippen molar-refractivity contribution in [3.8, 4) is 16.9 Å². The van der Waals surface area contributed by atoms with Crippen LogP contribution in [0.1, 0.15) is 38.2 Å². The van der Waals surface area contributed by atoms with E-state index in [0.717, 1.165) is 23.1 Å². The molecule has 83 heavy (non-hydrogen) atoms. The molecule has 0 aliphatic carbocycles. The molecule has 29 heteroatoms. The van der Waals surface area contributed by atoms with Gasteiger partial charge in [0.1, 0.15) is 16.8 Å². The van der Waals surface area contributed by atoms with Crippen molar-refractivity contribution < 1.29 is 101 Å². The Kier molecular flexibility index (Phi) is 31.2. The predicted octanol–water partition coefficient (Wildman–Crippen LogP) is 4.08. The van der Waals surface area contributed by atoms with E-state index >= 15 is 0 Å². The van der Waals surface area contributed by atoms with Crippen molar-refractivity contribution in [3.05, 3.63) is 76.9 Å². The number of nitrogens with two attached hydrogens (primary N) is 1. The van der Waals surface area contributed by atoms with Crippen LogP contribution in [0.4, 0.5) is 23.2 Å². The SMILES string of the molecule is CCCNC(=O)C1=Cc2ccc(-c3cccc(S(=O)N4CC(CNC(=O)CCOCCOCCOCCOCCOCCOCCOCCOCCOCCOCCC(=O)Oc5c(F)c(F)c(S(=O)(=O)O)c(F)c5F)C4)c3)cc2N=C(N)C1. The molecule has 1 fully saturated rings. The van der Waals surface area contributed by atoms with E-state index < -0.39 is 67.4 Å². The van der Waals surface area contributed by atoms with E-state index in [2.05, 4.69) is 20.4 Å². The molecule has 0 bridgehead atoms. The van der Waals surface area contributed by atoms with Gasteiger partial charge in [0.25, 0.3) is 0 Å². The summed E-state index contributed by atoms with van der Waals surface area (Å²) in [6.07, 6.45) is 2.56. The zero-order chi connectivity index (χ0) is 59.8. The smallest absolute Gasteiger partial charge is 0.313 e. The number of carbonyl (C=O) groups excluding carboxylic acids is 3. The standard InChI is InChI=1S/C54H73F4N5O18S2/c1-2-10-60-54(66)42-31-41-7-6-40(33-44(41)62-45(59)34-42)39-4-3-5-43(32-39)82(67)63-36-38(37-63)35-61-46(64)8-11-71-13-15-73-17-19-75-21-23-77-25-27-79-29-30-80-28-26-78-24-22-76-20-18-74-16-14-72-12-9-47(65)81-52-48(55)50(57)53(83(68,69)70)51(58)49(52)56/h3-7,31-33,38H,2,8-30,34-37H2,1H3,(H2,59,62)(H,60,66)(H,61,64)(H,68,69,70). The van der Waals surface area contributed by atoms with E-state index in [1.54, 1.807) is 0 Å². The highest BCUT2D eigenvalue weighted by Crippen LogP contribution is 2.34. The van der Waals surface area contributed by atoms with E-state index in [1.165, 1.54) is 0 Å². The van der Waals surface area contributed by atoms with Crippen LogP contribution in [0.5, 0.6) is 5.75 Å². The average Bonchev–Trinajstić information content (AvgIpc) is 3.66. The molecule has 1 atom stereocenters. The van der Waals surface area contributed by atoms with Crippen LogP contribution < -0.4 is 21.1 Å². The first kappa shape index (κ1) is 68.4. The summed E-state index contributed by atoms with van der Waals surface area (Å²) in [6, 6.07) is 13.4. The van der Waals surface area contributed by atoms with Crippen molar-refractivity contribution in [1.29, 1.82) is 0 Å². The fraction of sp³-hybridized carbons (Fsp3) is 0.556. The van der Waals surface area contributed by atoms with E-state index in [-0.39, 0.29) is 70.2 Å². The minimum Gasteiger partial charge on any atom is -0.420 e. The van der Waals surface area contributed by atoms with Crippen LogP contribution >= 0.6 is 0 Å². The third-order valence-corrected chi connectivity index (χ3v) is 14.2. The lowest BCUT2D eigenvalue weighted by Gasteiger charge is -2.37. The Labute approximate surface area is 482 Å². The molecule has 5 rings (SSSR count). The largest absolute Gasteiger partial charge is 0.420 e. The molecule has 3 aromatic carbocycles. The Hall–Kier alpha value is -5.38. The molecule has 1 saturated heterocycles. The number of nitrogens with zero attached hydrogens (tertiary/aromatic N) is 2. The molecule has 23 nitrogen and oxygen atoms in total. The number of hydrogen-bond donors (Lipinski definition) is 4. The quantitative estimate of drug-likeness (QED) is 0.0155. The number of ether oxygens (including phenoxy) is 11. The van der Waals surface area contributed by atoms with Crippen molar-refractivity contribution in [2.75, 3.05) is 158 Å². The maximum Gasteiger partial charge on any atom is 0.313 e. The normalized spacial score (nSPS) is 14.1. The van der Waals surface area contributed by atoms with E-state index in [1.807, 2.05) is 59.8 Å². The molecule has 2 aliphatic heterocycles. The Balaban J connectivity index is 0.729. The molecule has 0 radical (unpaired) electrons. The first-order valence-electron chi connectivity index (χ1n) is 26.9. The van der Waals surface area contributed by atoms with Crippen LogP contribution in [0.2, 0.25) is 0 Å². The third kappa shape index (κ3) is 24.6. The third-order valence-electron chi connectivity index (χ3n) is 11.9. The summed E-state index contributed by atoms with van der Waals surface area (Å²) in [5.41, 5.74) is 9.98. The first-order valence-corrected chi connectivity index (χ1v) is 29.4. The fourth-order valence-corrected chi connectivity index (χ4v) is 9.65. The van der Waals surface area contributed by atoms with Crippen molar-refractivity contribution in [3.63, 3.8) is 0 Å². The summed E-state index contributed by atoms with van der Waals surface area (Å²) in [4.78, 5) is 39.9. The Morgan fingerprint density at radius 3 is 1.61 bits per heavy atom. The summed E-state index contributed by atoms with van der Waals surface area (Å²) < 4.78 is 160. The number of esters is 1. The van der Waals surface area contributed by atoms with Crippen molar-refractivity contribution in [2.45, 2.75) is 42.4 Å². The van der Waals surface area contributed by atoms with Gasteiger partial charge < -0.3 is 68.5 Å². The van der Waals surface area contributed by atoms with E-state index in [0.29, 0.717) is 141 Å². The maximum absolute atomic E-state index is 14.0. The van der Waals surface area contributed by atoms with E-state index in [4.69, 9.17) is 57.7 Å². The number of rotatable bonds is 43. The number of hydrogen-bond acceptors (Lipinski definition) is 19. The Morgan fingerprint density at radius 1 is 0.663 bits per heavy atom. The second kappa shape index (κ2) is 37.8. The fourth-order valence-electron chi connectivity index (χ4n) is 7.61. The predicted molar refractivity (Wildman–Crippen MR) is 293 cm³/mol. The number of aliphatic imine (C=N–C) groups is 1. The highest BCUT2D eigenvalue weighted by atomic mass is 32.2. The number of nitrogens with one attached hydrogen (secondary N) is 2. The van der Waals surface area contributed by atoms with Gasteiger partial charge in [0, 0.05) is 56.1 Å². The maximum atomic E-state index is 14.0. The average molecular weight is 1220 g/mol. The molecular formula is C54H73F4N5O18S2. The molecule has 5 N–H and O–H groups in total. The number of benzene rings is 3. The minimum absolute atomic E-state index is 0.0157. The number of amides is 2. The first-order chi connectivity index (χ1) is 40.1. The Bertz CT molecular complexity index is 2710. The van der Waals surface area contributed by atoms with Crippen molar-refractivity contribution >= 4 is 56.5 Å². The highest BCUT2D eigenvalue weighted by molar-refractivity contribution is 7.85. The molecule has 3 aromatic rings. The molecule has 462 valence electrons. The summed E-state index contributed by atoms with van der Waals surface area (Å²) in [7, 11) is -7.02. The minimum atomic E-state index is -5.65. The van der Waals surface area contributed by atoms with Crippen molar-refractivity contribution in [2.24, 2.45) is 16.6 Å². The van der Waals surface area contributed by atoms with Crippen LogP contribution in [0.25, 0.3) is 17.2 Å². The lowest BCUT2D eigenvalue weighted by Crippen LogP contribution is -2.51. The van der Waals surface area contributed by atoms with Gasteiger partial charge in [0.15, 0.2) is 16.5 Å². The van der Waals surface area contributed by atoms with Gasteiger partial charge in [-0.3, -0.25) is 18.9 Å². The zero-order valence-electron chi connectivity index (χ0n) is 46.2. The van der Waals surface area contributed by atoms with Crippen LogP contribution in [-0.4, -0.2) is 203 Å². The second-order valence-corrected chi connectivity index (χ2v) is 21.1. The van der Waals surface area contributed by atoms with Crippen molar-refractivity contribution in [1.82, 2.24) is 14.9 Å². The molecule has 2 heterocycles. The van der Waals surface area contributed by atoms with E-state index in [9.17, 15) is 44.6 Å². The molecule has 0 saturated carbocycles. The summed E-state index contributed by atoms with van der Waals surface area (Å²) in [6.45, 7) is 10.0. The van der Waals surface area contributed by atoms with Crippen LogP contribution in [-0.2, 0) is 82.9 Å². The Morgan fingerprint density at radius 2 is 1.13 bits per heavy atom. The van der Waals surface area contributed by atoms with Crippen LogP contribution in [0.3, 0.4) is 0 Å². The molecule has 0 spiro atoms. The number of carbonyl (C=O) groups is 3. The van der Waals surface area contributed by atoms with Gasteiger partial charge in [-0.25, -0.2) is 22.3 Å². The number of halogens is 4. The lowest BCUT2D eigenvalue weighted by atomic mass is 10.0. The zero-order valence-corrected chi connectivity index (χ0v) is 47.8. The lowest BCUT2D eigenvalue weighted by molar-refractivity contribution is -0.136. The molecule has 2 aliphatic rings. The molecular weight excluding hydrogens is 1150 g/mol. The summed E-state index contributed by atoms with van der Waals surface area (Å²) in [5, 5.41) is 5.85. The van der Waals surface area contributed by atoms with Gasteiger partial charge >= 0.3 is 16.1 Å². The van der Waals surface area contributed by atoms with Gasteiger partial charge in [-0.05, 0) is 41.8 Å². The summed E-state index contributed by atoms with van der Waals surface area (Å²) in [5.74, 6) is -12.4. The van der Waals surface area contributed by atoms with Gasteiger partial charge in [0.05, 0.1) is 149 Å².